The first-order chi connectivity index (χ1) is 12.0. The van der Waals surface area contributed by atoms with Crippen molar-refractivity contribution in [2.24, 2.45) is 0 Å². The number of aryl methyl sites for hydroxylation is 1. The van der Waals surface area contributed by atoms with Gasteiger partial charge >= 0.3 is 0 Å². The number of benzene rings is 2. The van der Waals surface area contributed by atoms with Gasteiger partial charge in [0.1, 0.15) is 5.75 Å². The Morgan fingerprint density at radius 3 is 1.88 bits per heavy atom. The molecule has 2 rings (SSSR count). The monoisotopic (exact) mass is 353 g/mol. The van der Waals surface area contributed by atoms with Crippen LogP contribution in [-0.2, 0) is 22.0 Å². The largest absolute Gasteiger partial charge is 0.507 e. The van der Waals surface area contributed by atoms with Gasteiger partial charge in [0.15, 0.2) is 0 Å². The van der Waals surface area contributed by atoms with Gasteiger partial charge in [-0.25, -0.2) is 0 Å². The lowest BCUT2D eigenvalue weighted by Crippen LogP contribution is -2.19. The van der Waals surface area contributed by atoms with E-state index in [9.17, 15) is 9.90 Å². The van der Waals surface area contributed by atoms with Gasteiger partial charge < -0.3 is 10.4 Å². The molecular weight excluding hydrogens is 322 g/mol. The molecular formula is C23H31NO2. The van der Waals surface area contributed by atoms with Crippen molar-refractivity contribution in [3.63, 3.8) is 0 Å². The number of aromatic hydroxyl groups is 1. The zero-order valence-electron chi connectivity index (χ0n) is 16.8. The van der Waals surface area contributed by atoms with E-state index in [0.29, 0.717) is 18.6 Å². The van der Waals surface area contributed by atoms with E-state index in [1.807, 2.05) is 42.5 Å². The SMILES string of the molecule is CC(C)(C)c1cc(NC(=O)CCc2ccccc2)cc(C(C)(C)C)c1O. The summed E-state index contributed by atoms with van der Waals surface area (Å²) in [5, 5.41) is 13.8. The quantitative estimate of drug-likeness (QED) is 0.707. The lowest BCUT2D eigenvalue weighted by Gasteiger charge is -2.28. The molecule has 2 aromatic carbocycles. The highest BCUT2D eigenvalue weighted by Gasteiger charge is 2.26. The molecule has 0 bridgehead atoms. The molecule has 1 amide bonds. The van der Waals surface area contributed by atoms with Crippen LogP contribution >= 0.6 is 0 Å². The topological polar surface area (TPSA) is 49.3 Å². The number of hydrogen-bond donors (Lipinski definition) is 2. The van der Waals surface area contributed by atoms with Crippen LogP contribution in [0.2, 0.25) is 0 Å². The van der Waals surface area contributed by atoms with E-state index in [-0.39, 0.29) is 16.7 Å². The maximum Gasteiger partial charge on any atom is 0.224 e. The molecule has 2 aromatic rings. The van der Waals surface area contributed by atoms with Gasteiger partial charge in [-0.05, 0) is 34.9 Å². The van der Waals surface area contributed by atoms with Crippen LogP contribution in [0.15, 0.2) is 42.5 Å². The zero-order valence-corrected chi connectivity index (χ0v) is 16.8. The predicted molar refractivity (Wildman–Crippen MR) is 109 cm³/mol. The first-order valence-electron chi connectivity index (χ1n) is 9.20. The third-order valence-electron chi connectivity index (χ3n) is 4.49. The molecule has 26 heavy (non-hydrogen) atoms. The van der Waals surface area contributed by atoms with Crippen LogP contribution in [0.3, 0.4) is 0 Å². The second-order valence-corrected chi connectivity index (χ2v) is 8.95. The average Bonchev–Trinajstić information content (AvgIpc) is 2.53. The fourth-order valence-corrected chi connectivity index (χ4v) is 2.98. The van der Waals surface area contributed by atoms with Crippen molar-refractivity contribution in [3.05, 3.63) is 59.2 Å². The van der Waals surface area contributed by atoms with Crippen molar-refractivity contribution in [2.45, 2.75) is 65.2 Å². The smallest absolute Gasteiger partial charge is 0.224 e. The van der Waals surface area contributed by atoms with Crippen molar-refractivity contribution < 1.29 is 9.90 Å². The van der Waals surface area contributed by atoms with Crippen molar-refractivity contribution in [1.29, 1.82) is 0 Å². The van der Waals surface area contributed by atoms with Crippen LogP contribution in [-0.4, -0.2) is 11.0 Å². The number of rotatable bonds is 4. The van der Waals surface area contributed by atoms with Gasteiger partial charge in [-0.3, -0.25) is 4.79 Å². The van der Waals surface area contributed by atoms with E-state index in [1.54, 1.807) is 0 Å². The number of carbonyl (C=O) groups is 1. The summed E-state index contributed by atoms with van der Waals surface area (Å²) in [6.07, 6.45) is 1.14. The van der Waals surface area contributed by atoms with Crippen LogP contribution in [0.1, 0.15) is 64.7 Å². The molecule has 3 nitrogen and oxygen atoms in total. The molecule has 3 heteroatoms. The number of nitrogens with one attached hydrogen (secondary N) is 1. The third-order valence-corrected chi connectivity index (χ3v) is 4.49. The Labute approximate surface area is 157 Å². The van der Waals surface area contributed by atoms with Crippen LogP contribution in [0.5, 0.6) is 5.75 Å². The Morgan fingerprint density at radius 1 is 0.923 bits per heavy atom. The lowest BCUT2D eigenvalue weighted by molar-refractivity contribution is -0.116. The van der Waals surface area contributed by atoms with Crippen molar-refractivity contribution in [2.75, 3.05) is 5.32 Å². The number of phenolic OH excluding ortho intramolecular Hbond substituents is 1. The molecule has 0 aliphatic heterocycles. The average molecular weight is 354 g/mol. The Bertz CT molecular complexity index is 730. The standard InChI is InChI=1S/C23H31NO2/c1-22(2,3)18-14-17(15-19(21(18)26)23(4,5)6)24-20(25)13-12-16-10-8-7-9-11-16/h7-11,14-15,26H,12-13H2,1-6H3,(H,24,25). The Hall–Kier alpha value is -2.29. The minimum Gasteiger partial charge on any atom is -0.507 e. The first-order valence-corrected chi connectivity index (χ1v) is 9.20. The maximum atomic E-state index is 12.4. The first kappa shape index (κ1) is 20.0. The van der Waals surface area contributed by atoms with Crippen LogP contribution in [0, 0.1) is 0 Å². The Balaban J connectivity index is 2.24. The highest BCUT2D eigenvalue weighted by molar-refractivity contribution is 5.91. The number of phenols is 1. The van der Waals surface area contributed by atoms with Gasteiger partial charge in [-0.2, -0.15) is 0 Å². The van der Waals surface area contributed by atoms with Gasteiger partial charge in [0.05, 0.1) is 0 Å². The molecule has 0 radical (unpaired) electrons. The summed E-state index contributed by atoms with van der Waals surface area (Å²) >= 11 is 0. The molecule has 0 aliphatic carbocycles. The van der Waals surface area contributed by atoms with Crippen molar-refractivity contribution >= 4 is 11.6 Å². The van der Waals surface area contributed by atoms with Crippen LogP contribution in [0.4, 0.5) is 5.69 Å². The fourth-order valence-electron chi connectivity index (χ4n) is 2.98. The molecule has 0 aliphatic rings. The summed E-state index contributed by atoms with van der Waals surface area (Å²) < 4.78 is 0. The fraction of sp³-hybridized carbons (Fsp3) is 0.435. The van der Waals surface area contributed by atoms with E-state index in [4.69, 9.17) is 0 Å². The van der Waals surface area contributed by atoms with E-state index in [1.165, 1.54) is 0 Å². The van der Waals surface area contributed by atoms with Gasteiger partial charge in [0, 0.05) is 23.2 Å². The second-order valence-electron chi connectivity index (χ2n) is 8.95. The maximum absolute atomic E-state index is 12.4. The van der Waals surface area contributed by atoms with Gasteiger partial charge in [0.2, 0.25) is 5.91 Å². The molecule has 0 saturated heterocycles. The van der Waals surface area contributed by atoms with Crippen molar-refractivity contribution in [3.8, 4) is 5.75 Å². The van der Waals surface area contributed by atoms with Gasteiger partial charge in [0.25, 0.3) is 0 Å². The van der Waals surface area contributed by atoms with E-state index < -0.39 is 0 Å². The van der Waals surface area contributed by atoms with E-state index >= 15 is 0 Å². The summed E-state index contributed by atoms with van der Waals surface area (Å²) in [6.45, 7) is 12.4. The zero-order chi connectivity index (χ0) is 19.5. The van der Waals surface area contributed by atoms with E-state index in [0.717, 1.165) is 22.4 Å². The minimum absolute atomic E-state index is 0.0146. The third kappa shape index (κ3) is 5.10. The number of hydrogen-bond acceptors (Lipinski definition) is 2. The molecule has 0 unspecified atom stereocenters. The predicted octanol–water partition coefficient (Wildman–Crippen LogP) is 5.56. The molecule has 0 fully saturated rings. The minimum atomic E-state index is -0.213. The summed E-state index contributed by atoms with van der Waals surface area (Å²) in [5.74, 6) is 0.312. The number of anilines is 1. The highest BCUT2D eigenvalue weighted by atomic mass is 16.3. The summed E-state index contributed by atoms with van der Waals surface area (Å²) in [7, 11) is 0. The highest BCUT2D eigenvalue weighted by Crippen LogP contribution is 2.41. The summed E-state index contributed by atoms with van der Waals surface area (Å²) in [4.78, 5) is 12.4. The summed E-state index contributed by atoms with van der Waals surface area (Å²) in [6, 6.07) is 13.8. The number of amides is 1. The molecule has 140 valence electrons. The van der Waals surface area contributed by atoms with Crippen LogP contribution in [0.25, 0.3) is 0 Å². The van der Waals surface area contributed by atoms with E-state index in [2.05, 4.69) is 46.9 Å². The molecule has 0 atom stereocenters. The molecule has 2 N–H and O–H groups in total. The van der Waals surface area contributed by atoms with Gasteiger partial charge in [-0.1, -0.05) is 71.9 Å². The molecule has 0 heterocycles. The van der Waals surface area contributed by atoms with Gasteiger partial charge in [-0.15, -0.1) is 0 Å². The van der Waals surface area contributed by atoms with Crippen molar-refractivity contribution in [1.82, 2.24) is 0 Å². The lowest BCUT2D eigenvalue weighted by atomic mass is 9.79. The van der Waals surface area contributed by atoms with Crippen LogP contribution < -0.4 is 5.32 Å². The Morgan fingerprint density at radius 2 is 1.42 bits per heavy atom. The molecule has 0 aromatic heterocycles. The number of carbonyl (C=O) groups excluding carboxylic acids is 1. The molecule has 0 saturated carbocycles. The Kier molecular flexibility index (Phi) is 5.80. The normalized spacial score (nSPS) is 12.1. The molecule has 0 spiro atoms. The second kappa shape index (κ2) is 7.53. The summed E-state index contributed by atoms with van der Waals surface area (Å²) in [5.41, 5.74) is 3.17.